The normalized spacial score (nSPS) is 18.2. The van der Waals surface area contributed by atoms with Gasteiger partial charge in [0.2, 0.25) is 0 Å². The van der Waals surface area contributed by atoms with Crippen molar-refractivity contribution in [2.24, 2.45) is 5.92 Å². The van der Waals surface area contributed by atoms with Gasteiger partial charge in [0.15, 0.2) is 0 Å². The lowest BCUT2D eigenvalue weighted by Gasteiger charge is -2.16. The van der Waals surface area contributed by atoms with E-state index in [0.29, 0.717) is 4.83 Å². The highest BCUT2D eigenvalue weighted by Crippen LogP contribution is 2.40. The van der Waals surface area contributed by atoms with Crippen molar-refractivity contribution in [3.63, 3.8) is 0 Å². The van der Waals surface area contributed by atoms with Crippen LogP contribution in [0.5, 0.6) is 0 Å². The zero-order valence-corrected chi connectivity index (χ0v) is 13.7. The summed E-state index contributed by atoms with van der Waals surface area (Å²) in [5.74, 6) is 0.831. The van der Waals surface area contributed by atoms with Gasteiger partial charge in [-0.2, -0.15) is 0 Å². The van der Waals surface area contributed by atoms with Crippen LogP contribution in [-0.4, -0.2) is 9.97 Å². The van der Waals surface area contributed by atoms with Crippen molar-refractivity contribution >= 4 is 42.9 Å². The van der Waals surface area contributed by atoms with Gasteiger partial charge in [-0.1, -0.05) is 57.5 Å². The minimum atomic E-state index is -0.152. The molecule has 1 fully saturated rings. The van der Waals surface area contributed by atoms with Gasteiger partial charge in [-0.3, -0.25) is 0 Å². The summed E-state index contributed by atoms with van der Waals surface area (Å²) in [7, 11) is 0. The zero-order chi connectivity index (χ0) is 13.4. The molecule has 1 aromatic heterocycles. The molecular formula is C14H16Br2N2O. The number of benzene rings is 1. The highest BCUT2D eigenvalue weighted by atomic mass is 79.9. The average molecular weight is 388 g/mol. The lowest BCUT2D eigenvalue weighted by atomic mass is 9.98. The van der Waals surface area contributed by atoms with Crippen molar-refractivity contribution in [2.45, 2.75) is 36.9 Å². The van der Waals surface area contributed by atoms with Gasteiger partial charge in [-0.05, 0) is 30.0 Å². The van der Waals surface area contributed by atoms with Gasteiger partial charge in [-0.25, -0.2) is 4.79 Å². The van der Waals surface area contributed by atoms with Crippen molar-refractivity contribution in [2.75, 3.05) is 0 Å². The number of rotatable bonds is 3. The third-order valence-electron chi connectivity index (χ3n) is 3.99. The number of H-pyrrole nitrogens is 2. The van der Waals surface area contributed by atoms with Gasteiger partial charge in [-0.15, -0.1) is 0 Å². The number of halogens is 2. The van der Waals surface area contributed by atoms with Crippen molar-refractivity contribution in [1.82, 2.24) is 9.97 Å². The SMILES string of the molecule is O=c1[nH]c2cc(Br)c(C(Br)CC3CCCC3)cc2[nH]1. The third-order valence-corrected chi connectivity index (χ3v) is 5.54. The summed E-state index contributed by atoms with van der Waals surface area (Å²) in [6, 6.07) is 4.04. The lowest BCUT2D eigenvalue weighted by Crippen LogP contribution is -2.00. The fourth-order valence-corrected chi connectivity index (χ4v) is 4.81. The molecule has 0 amide bonds. The van der Waals surface area contributed by atoms with Crippen LogP contribution in [0.25, 0.3) is 11.0 Å². The smallest absolute Gasteiger partial charge is 0.306 e. The molecule has 5 heteroatoms. The molecule has 0 spiro atoms. The molecule has 3 rings (SSSR count). The number of hydrogen-bond acceptors (Lipinski definition) is 1. The van der Waals surface area contributed by atoms with Gasteiger partial charge in [0.25, 0.3) is 0 Å². The maximum atomic E-state index is 11.3. The molecule has 2 N–H and O–H groups in total. The summed E-state index contributed by atoms with van der Waals surface area (Å²) >= 11 is 7.42. The Balaban J connectivity index is 1.89. The maximum Gasteiger partial charge on any atom is 0.323 e. The molecule has 0 bridgehead atoms. The van der Waals surface area contributed by atoms with E-state index >= 15 is 0 Å². The van der Waals surface area contributed by atoms with Crippen LogP contribution in [0, 0.1) is 5.92 Å². The van der Waals surface area contributed by atoms with Crippen LogP contribution in [0.1, 0.15) is 42.5 Å². The number of imidazole rings is 1. The second kappa shape index (κ2) is 5.44. The standard InChI is InChI=1S/C14H16Br2N2O/c15-10(5-8-3-1-2-4-8)9-6-12-13(7-11(9)16)18-14(19)17-12/h6-8,10H,1-5H2,(H2,17,18,19). The fraction of sp³-hybridized carbons (Fsp3) is 0.500. The lowest BCUT2D eigenvalue weighted by molar-refractivity contribution is 0.501. The first-order chi connectivity index (χ1) is 9.13. The minimum Gasteiger partial charge on any atom is -0.306 e. The van der Waals surface area contributed by atoms with E-state index in [1.165, 1.54) is 37.7 Å². The first kappa shape index (κ1) is 13.4. The monoisotopic (exact) mass is 386 g/mol. The summed E-state index contributed by atoms with van der Waals surface area (Å²) in [6.07, 6.45) is 6.61. The first-order valence-corrected chi connectivity index (χ1v) is 8.40. The van der Waals surface area contributed by atoms with Gasteiger partial charge in [0, 0.05) is 9.30 Å². The Hall–Kier alpha value is -0.550. The molecule has 0 aliphatic heterocycles. The van der Waals surface area contributed by atoms with Crippen LogP contribution in [0.3, 0.4) is 0 Å². The molecule has 1 atom stereocenters. The van der Waals surface area contributed by atoms with Crippen molar-refractivity contribution in [3.8, 4) is 0 Å². The summed E-state index contributed by atoms with van der Waals surface area (Å²) in [5.41, 5.74) is 2.79. The molecule has 2 aromatic rings. The van der Waals surface area contributed by atoms with E-state index in [1.807, 2.05) is 6.07 Å². The number of nitrogens with one attached hydrogen (secondary N) is 2. The van der Waals surface area contributed by atoms with E-state index in [-0.39, 0.29) is 5.69 Å². The highest BCUT2D eigenvalue weighted by molar-refractivity contribution is 9.11. The van der Waals surface area contributed by atoms with Crippen LogP contribution < -0.4 is 5.69 Å². The van der Waals surface area contributed by atoms with E-state index in [0.717, 1.165) is 21.4 Å². The summed E-state index contributed by atoms with van der Waals surface area (Å²) in [5, 5.41) is 0. The van der Waals surface area contributed by atoms with Crippen LogP contribution in [0.15, 0.2) is 21.4 Å². The Labute approximate surface area is 128 Å². The molecule has 3 nitrogen and oxygen atoms in total. The summed E-state index contributed by atoms with van der Waals surface area (Å²) in [6.45, 7) is 0. The number of alkyl halides is 1. The second-order valence-corrected chi connectivity index (χ2v) is 7.31. The average Bonchev–Trinajstić information content (AvgIpc) is 2.96. The molecule has 0 radical (unpaired) electrons. The molecule has 1 aliphatic carbocycles. The maximum absolute atomic E-state index is 11.3. The Bertz CT molecular complexity index is 640. The van der Waals surface area contributed by atoms with Crippen LogP contribution in [-0.2, 0) is 0 Å². The Morgan fingerprint density at radius 3 is 2.53 bits per heavy atom. The van der Waals surface area contributed by atoms with E-state index in [4.69, 9.17) is 0 Å². The Morgan fingerprint density at radius 1 is 1.21 bits per heavy atom. The van der Waals surface area contributed by atoms with Crippen molar-refractivity contribution in [3.05, 3.63) is 32.7 Å². The first-order valence-electron chi connectivity index (χ1n) is 6.69. The second-order valence-electron chi connectivity index (χ2n) is 5.35. The van der Waals surface area contributed by atoms with Gasteiger partial charge in [0.1, 0.15) is 0 Å². The van der Waals surface area contributed by atoms with Crippen molar-refractivity contribution < 1.29 is 0 Å². The van der Waals surface area contributed by atoms with Gasteiger partial charge < -0.3 is 9.97 Å². The number of aromatic nitrogens is 2. The fourth-order valence-electron chi connectivity index (χ4n) is 2.98. The Kier molecular flexibility index (Phi) is 3.85. The molecule has 102 valence electrons. The van der Waals surface area contributed by atoms with E-state index in [1.54, 1.807) is 0 Å². The van der Waals surface area contributed by atoms with Crippen molar-refractivity contribution in [1.29, 1.82) is 0 Å². The number of fused-ring (bicyclic) bond motifs is 1. The quantitative estimate of drug-likeness (QED) is 0.740. The van der Waals surface area contributed by atoms with Crippen LogP contribution in [0.4, 0.5) is 0 Å². The third kappa shape index (κ3) is 2.82. The summed E-state index contributed by atoms with van der Waals surface area (Å²) in [4.78, 5) is 17.3. The van der Waals surface area contributed by atoms with Gasteiger partial charge in [0.05, 0.1) is 11.0 Å². The molecule has 1 heterocycles. The van der Waals surface area contributed by atoms with Crippen LogP contribution >= 0.6 is 31.9 Å². The molecular weight excluding hydrogens is 372 g/mol. The predicted molar refractivity (Wildman–Crippen MR) is 84.9 cm³/mol. The largest absolute Gasteiger partial charge is 0.323 e. The zero-order valence-electron chi connectivity index (χ0n) is 10.5. The summed E-state index contributed by atoms with van der Waals surface area (Å²) < 4.78 is 1.05. The highest BCUT2D eigenvalue weighted by Gasteiger charge is 2.21. The minimum absolute atomic E-state index is 0.152. The molecule has 19 heavy (non-hydrogen) atoms. The molecule has 1 aromatic carbocycles. The molecule has 1 saturated carbocycles. The molecule has 0 saturated heterocycles. The van der Waals surface area contributed by atoms with E-state index < -0.39 is 0 Å². The number of hydrogen-bond donors (Lipinski definition) is 2. The molecule has 1 unspecified atom stereocenters. The van der Waals surface area contributed by atoms with E-state index in [2.05, 4.69) is 47.9 Å². The van der Waals surface area contributed by atoms with E-state index in [9.17, 15) is 4.79 Å². The molecule has 1 aliphatic rings. The topological polar surface area (TPSA) is 48.6 Å². The van der Waals surface area contributed by atoms with Crippen LogP contribution in [0.2, 0.25) is 0 Å². The van der Waals surface area contributed by atoms with Gasteiger partial charge >= 0.3 is 5.69 Å². The number of aromatic amines is 2. The Morgan fingerprint density at radius 2 is 1.84 bits per heavy atom. The predicted octanol–water partition coefficient (Wildman–Crippen LogP) is 4.64.